The first-order chi connectivity index (χ1) is 3.45. The van der Waals surface area contributed by atoms with Crippen molar-refractivity contribution in [3.63, 3.8) is 0 Å². The fraction of sp³-hybridized carbons (Fsp3) is 0.857. The lowest BCUT2D eigenvalue weighted by Gasteiger charge is -1.84. The van der Waals surface area contributed by atoms with Gasteiger partial charge in [-0.25, -0.2) is 0 Å². The van der Waals surface area contributed by atoms with Crippen LogP contribution in [0.15, 0.2) is 0 Å². The molecule has 0 nitrogen and oxygen atoms in total. The van der Waals surface area contributed by atoms with Gasteiger partial charge in [-0.05, 0) is 43.9 Å². The Balaban J connectivity index is 1.69. The van der Waals surface area contributed by atoms with Crippen LogP contribution in [0, 0.1) is 18.3 Å². The fourth-order valence-corrected chi connectivity index (χ4v) is 0.833. The van der Waals surface area contributed by atoms with Gasteiger partial charge in [0.2, 0.25) is 0 Å². The molecule has 0 spiro atoms. The number of hydrogen-bond donors (Lipinski definition) is 0. The van der Waals surface area contributed by atoms with E-state index in [1.165, 1.54) is 25.7 Å². The summed E-state index contributed by atoms with van der Waals surface area (Å²) in [5.41, 5.74) is 0. The van der Waals surface area contributed by atoms with Crippen LogP contribution in [-0.2, 0) is 0 Å². The van der Waals surface area contributed by atoms with Gasteiger partial charge in [0.05, 0.1) is 0 Å². The van der Waals surface area contributed by atoms with Crippen molar-refractivity contribution in [3.8, 4) is 0 Å². The summed E-state index contributed by atoms with van der Waals surface area (Å²) in [6, 6.07) is 0. The van der Waals surface area contributed by atoms with E-state index in [1.54, 1.807) is 0 Å². The molecule has 2 radical (unpaired) electrons. The number of hydrogen-bond acceptors (Lipinski definition) is 0. The van der Waals surface area contributed by atoms with Crippen LogP contribution in [-0.4, -0.2) is 0 Å². The van der Waals surface area contributed by atoms with Gasteiger partial charge in [-0.2, -0.15) is 0 Å². The minimum Gasteiger partial charge on any atom is -0.0496 e. The molecule has 2 aliphatic rings. The molecule has 0 aromatic carbocycles. The molecule has 0 aromatic rings. The number of rotatable bonds is 2. The lowest BCUT2D eigenvalue weighted by molar-refractivity contribution is 0.847. The van der Waals surface area contributed by atoms with Gasteiger partial charge in [0.25, 0.3) is 0 Å². The second-order valence-electron chi connectivity index (χ2n) is 2.72. The highest BCUT2D eigenvalue weighted by atomic mass is 14.4. The van der Waals surface area contributed by atoms with E-state index in [-0.39, 0.29) is 0 Å². The van der Waals surface area contributed by atoms with Crippen molar-refractivity contribution in [3.05, 3.63) is 6.42 Å². The third-order valence-electron chi connectivity index (χ3n) is 1.63. The molecule has 2 rings (SSSR count). The summed E-state index contributed by atoms with van der Waals surface area (Å²) in [4.78, 5) is 0. The van der Waals surface area contributed by atoms with Crippen LogP contribution in [0.2, 0.25) is 0 Å². The van der Waals surface area contributed by atoms with Crippen LogP contribution in [0.4, 0.5) is 0 Å². The summed E-state index contributed by atoms with van der Waals surface area (Å²) in [6.07, 6.45) is 9.29. The van der Waals surface area contributed by atoms with E-state index < -0.39 is 0 Å². The Hall–Kier alpha value is 0. The summed E-state index contributed by atoms with van der Waals surface area (Å²) < 4.78 is 0. The van der Waals surface area contributed by atoms with Crippen LogP contribution < -0.4 is 0 Å². The van der Waals surface area contributed by atoms with Crippen molar-refractivity contribution in [2.24, 2.45) is 11.8 Å². The molecule has 0 unspecified atom stereocenters. The van der Waals surface area contributed by atoms with Crippen molar-refractivity contribution in [1.29, 1.82) is 0 Å². The Morgan fingerprint density at radius 2 is 1.29 bits per heavy atom. The topological polar surface area (TPSA) is 0 Å². The highest BCUT2D eigenvalue weighted by molar-refractivity contribution is 4.97. The molecule has 0 saturated heterocycles. The van der Waals surface area contributed by atoms with Gasteiger partial charge in [0.15, 0.2) is 0 Å². The summed E-state index contributed by atoms with van der Waals surface area (Å²) in [5.74, 6) is 1.87. The summed E-state index contributed by atoms with van der Waals surface area (Å²) in [6.45, 7) is 0. The molecule has 0 heteroatoms. The average molecular weight is 94.2 g/mol. The first-order valence-corrected chi connectivity index (χ1v) is 3.21. The zero-order chi connectivity index (χ0) is 4.69. The molecular weight excluding hydrogens is 84.1 g/mol. The second kappa shape index (κ2) is 1.24. The van der Waals surface area contributed by atoms with E-state index >= 15 is 0 Å². The van der Waals surface area contributed by atoms with Crippen molar-refractivity contribution in [2.45, 2.75) is 25.7 Å². The van der Waals surface area contributed by atoms with Crippen LogP contribution in [0.1, 0.15) is 25.7 Å². The molecule has 0 aromatic heterocycles. The smallest absolute Gasteiger partial charge is 0.0106 e. The first kappa shape index (κ1) is 3.94. The maximum absolute atomic E-state index is 3.53. The molecule has 0 bridgehead atoms. The molecule has 38 valence electrons. The normalized spacial score (nSPS) is 30.9. The van der Waals surface area contributed by atoms with E-state index in [2.05, 4.69) is 6.42 Å². The van der Waals surface area contributed by atoms with Crippen molar-refractivity contribution in [2.75, 3.05) is 0 Å². The lowest BCUT2D eigenvalue weighted by atomic mass is 10.2. The zero-order valence-corrected chi connectivity index (χ0v) is 4.48. The van der Waals surface area contributed by atoms with E-state index in [4.69, 9.17) is 0 Å². The van der Waals surface area contributed by atoms with Gasteiger partial charge >= 0.3 is 0 Å². The Morgan fingerprint density at radius 3 is 1.57 bits per heavy atom. The van der Waals surface area contributed by atoms with Gasteiger partial charge in [-0.15, -0.1) is 0 Å². The summed E-state index contributed by atoms with van der Waals surface area (Å²) in [7, 11) is 0. The maximum Gasteiger partial charge on any atom is -0.0106 e. The van der Waals surface area contributed by atoms with Crippen molar-refractivity contribution in [1.82, 2.24) is 0 Å². The van der Waals surface area contributed by atoms with Crippen molar-refractivity contribution < 1.29 is 0 Å². The Labute approximate surface area is 44.9 Å². The minimum atomic E-state index is 0.937. The van der Waals surface area contributed by atoms with E-state index in [0.29, 0.717) is 0 Å². The molecule has 2 aliphatic carbocycles. The van der Waals surface area contributed by atoms with Crippen LogP contribution in [0.5, 0.6) is 0 Å². The fourth-order valence-electron chi connectivity index (χ4n) is 0.833. The summed E-state index contributed by atoms with van der Waals surface area (Å²) in [5, 5.41) is 0. The van der Waals surface area contributed by atoms with Crippen molar-refractivity contribution >= 4 is 0 Å². The Morgan fingerprint density at radius 1 is 0.857 bits per heavy atom. The van der Waals surface area contributed by atoms with Crippen LogP contribution >= 0.6 is 0 Å². The predicted octanol–water partition coefficient (Wildman–Crippen LogP) is 1.89. The quantitative estimate of drug-likeness (QED) is 0.490. The third kappa shape index (κ3) is 0.960. The minimum absolute atomic E-state index is 0.937. The van der Waals surface area contributed by atoms with Gasteiger partial charge in [-0.1, -0.05) is 0 Å². The second-order valence-corrected chi connectivity index (χ2v) is 2.72. The molecule has 0 amide bonds. The highest BCUT2D eigenvalue weighted by Gasteiger charge is 2.31. The van der Waals surface area contributed by atoms with E-state index in [1.807, 2.05) is 0 Å². The molecule has 2 fully saturated rings. The molecule has 7 heavy (non-hydrogen) atoms. The molecule has 2 saturated carbocycles. The molecule has 0 N–H and O–H groups in total. The third-order valence-corrected chi connectivity index (χ3v) is 1.63. The largest absolute Gasteiger partial charge is 0.0496 e. The first-order valence-electron chi connectivity index (χ1n) is 3.21. The summed E-state index contributed by atoms with van der Waals surface area (Å²) >= 11 is 0. The zero-order valence-electron chi connectivity index (χ0n) is 4.48. The predicted molar refractivity (Wildman–Crippen MR) is 28.7 cm³/mol. The van der Waals surface area contributed by atoms with Gasteiger partial charge in [-0.3, -0.25) is 0 Å². The van der Waals surface area contributed by atoms with E-state index in [0.717, 1.165) is 11.8 Å². The molecule has 0 aliphatic heterocycles. The van der Waals surface area contributed by atoms with Gasteiger partial charge < -0.3 is 0 Å². The van der Waals surface area contributed by atoms with Gasteiger partial charge in [0, 0.05) is 0 Å². The van der Waals surface area contributed by atoms with Gasteiger partial charge in [0.1, 0.15) is 0 Å². The molecular formula is C7H10. The van der Waals surface area contributed by atoms with E-state index in [9.17, 15) is 0 Å². The molecule has 0 heterocycles. The van der Waals surface area contributed by atoms with Crippen LogP contribution in [0.25, 0.3) is 0 Å². The lowest BCUT2D eigenvalue weighted by Crippen LogP contribution is -1.77. The SMILES string of the molecule is [C](C1CC1)C1CC1. The average Bonchev–Trinajstić information content (AvgIpc) is 2.33. The monoisotopic (exact) mass is 94.1 g/mol. The highest BCUT2D eigenvalue weighted by Crippen LogP contribution is 2.42. The Kier molecular flexibility index (Phi) is 0.697. The molecule has 0 atom stereocenters. The van der Waals surface area contributed by atoms with Crippen LogP contribution in [0.3, 0.4) is 0 Å². The maximum atomic E-state index is 3.53. The Bertz CT molecular complexity index is 58.1. The standard InChI is InChI=1S/C7H10/c1-2-6(1)5-7-3-4-7/h6-7H,1-4H2.